The van der Waals surface area contributed by atoms with E-state index in [0.717, 1.165) is 93.2 Å². The summed E-state index contributed by atoms with van der Waals surface area (Å²) in [5.74, 6) is -0.583. The Bertz CT molecular complexity index is 3280. The van der Waals surface area contributed by atoms with Gasteiger partial charge in [-0.1, -0.05) is 101 Å². The van der Waals surface area contributed by atoms with Crippen LogP contribution in [0.4, 0.5) is 9.42 Å². The summed E-state index contributed by atoms with van der Waals surface area (Å²) < 4.78 is 22.1. The molecule has 0 amide bonds. The van der Waals surface area contributed by atoms with Crippen LogP contribution >= 0.6 is 33.0 Å². The molecule has 97 heavy (non-hydrogen) atoms. The number of halogens is 5. The Morgan fingerprint density at radius 2 is 0.753 bits per heavy atom. The summed E-state index contributed by atoms with van der Waals surface area (Å²) >= 11 is 5.82. The Kier molecular flexibility index (Phi) is 116. The van der Waals surface area contributed by atoms with Crippen molar-refractivity contribution in [3.05, 3.63) is 147 Å². The molecule has 30 heteroatoms. The molecular formula is C67H113Cl3F2N8O9SU7. The standard InChI is InChI=1S/C13H15ClN2O.C13H16N2O.C10H13NO3.C10H13NO2.C10H15NO.C3H5N.8CH4.Cl2OS.2FH.7U.H2/c1-5-10-11(6-8(2)15-4)16-12(7-14)13(10)9(3)17;1-6-11-12(7-8(2)14-5)15-9(3)13(11)10(4)16;1-4-7-8(6(3)12)5(2)11-9(7)10(13)14;1-4-8-9(5-12)11-6(2)10(8)7(3)13;1-5-9-6(2)11-7(3)10(9)8(4)12;1-2-3-4;;;;;;;;;1-4(2)3;;;;;;;;;;/h6,16H,5,7H2,1-3H3;7,15H,6H2,1-4H3;11H,4H2,1-3H3,(H,13,14);5,11H,4H2,1-3H3;11H,5H2,1-4H3;2H2,1H3;8*1H4;;2*1H;;;;;;;;1H/b8-6-;8-7-;;;;;;;;;;;;;;;;;;;;;;;/i;;;;;;;;;;;;;;;;;;;;;;;;1+2/hT. The average Bonchev–Trinajstić information content (AvgIpc) is 1.76. The van der Waals surface area contributed by atoms with E-state index < -0.39 is 15.2 Å². The molecule has 5 heterocycles. The molecule has 0 fully saturated rings. The number of hydrogen-bond donors (Lipinski definition) is 6. The molecule has 0 saturated carbocycles. The van der Waals surface area contributed by atoms with Crippen LogP contribution in [0.2, 0.25) is 0 Å². The second-order valence-electron chi connectivity index (χ2n) is 17.7. The largest absolute Gasteiger partial charge is 0.477 e. The van der Waals surface area contributed by atoms with Gasteiger partial charge >= 0.3 is 5.97 Å². The second-order valence-corrected chi connectivity index (χ2v) is 20.5. The maximum atomic E-state index is 11.6. The number of alkyl halides is 1. The van der Waals surface area contributed by atoms with Gasteiger partial charge < -0.3 is 30.0 Å². The molecule has 544 valence electrons. The minimum absolute atomic E-state index is 0. The predicted octanol–water partition coefficient (Wildman–Crippen LogP) is 20.9. The summed E-state index contributed by atoms with van der Waals surface area (Å²) in [6, 6.07) is 1.93. The first-order chi connectivity index (χ1) is 38.4. The number of nitrogens with zero attached hydrogens (tertiary/aromatic N) is 3. The minimum Gasteiger partial charge on any atom is -0.477 e. The van der Waals surface area contributed by atoms with Crippen molar-refractivity contribution in [3.63, 3.8) is 0 Å². The number of carboxylic acids is 1. The monoisotopic (exact) mass is 3020 g/mol. The Morgan fingerprint density at radius 1 is 0.505 bits per heavy atom. The molecule has 0 unspecified atom stereocenters. The number of aromatic nitrogens is 5. The number of H-pyrrole nitrogens is 5. The van der Waals surface area contributed by atoms with E-state index in [4.69, 9.17) is 44.0 Å². The summed E-state index contributed by atoms with van der Waals surface area (Å²) in [5.41, 5.74) is 16.8. The van der Waals surface area contributed by atoms with Crippen LogP contribution in [-0.4, -0.2) is 76.9 Å². The smallest absolute Gasteiger partial charge is 0.352 e. The number of allylic oxidation sites excluding steroid dienone is 2. The van der Waals surface area contributed by atoms with E-state index in [1.54, 1.807) is 46.8 Å². The van der Waals surface area contributed by atoms with Crippen LogP contribution in [0.25, 0.3) is 21.8 Å². The first kappa shape index (κ1) is 143. The zero-order valence-electron chi connectivity index (χ0n) is 54.6. The summed E-state index contributed by atoms with van der Waals surface area (Å²) in [4.78, 5) is 100. The second kappa shape index (κ2) is 78.7. The van der Waals surface area contributed by atoms with Crippen molar-refractivity contribution in [3.8, 4) is 6.07 Å². The number of aromatic carboxylic acids is 1. The van der Waals surface area contributed by atoms with Crippen LogP contribution in [0.5, 0.6) is 0 Å². The van der Waals surface area contributed by atoms with E-state index in [9.17, 15) is 33.6 Å². The number of aryl methyl sites for hydroxylation is 5. The number of aromatic amines is 5. The molecule has 0 bridgehead atoms. The van der Waals surface area contributed by atoms with E-state index in [2.05, 4.69) is 64.3 Å². The van der Waals surface area contributed by atoms with Crippen LogP contribution in [0.1, 0.15) is 303 Å². The average molecular weight is 3020 g/mol. The van der Waals surface area contributed by atoms with Crippen molar-refractivity contribution in [2.75, 3.05) is 0 Å². The van der Waals surface area contributed by atoms with Crippen molar-refractivity contribution >= 4 is 95.5 Å². The fourth-order valence-electron chi connectivity index (χ4n) is 8.87. The number of ketones is 5. The molecule has 0 aromatic carbocycles. The number of carbonyl (C=O) groups excluding carboxylic acids is 6. The van der Waals surface area contributed by atoms with Gasteiger partial charge in [-0.15, -0.1) is 11.6 Å². The third kappa shape index (κ3) is 49.5. The van der Waals surface area contributed by atoms with E-state index in [1.165, 1.54) is 26.3 Å². The van der Waals surface area contributed by atoms with Crippen LogP contribution in [0.3, 0.4) is 0 Å². The van der Waals surface area contributed by atoms with Crippen molar-refractivity contribution in [2.45, 2.75) is 228 Å². The molecule has 0 aliphatic heterocycles. The van der Waals surface area contributed by atoms with Crippen LogP contribution in [0.15, 0.2) is 11.4 Å². The van der Waals surface area contributed by atoms with Crippen LogP contribution in [-0.2, 0) is 47.2 Å². The number of nitrogens with one attached hydrogen (secondary N) is 5. The fourth-order valence-corrected chi connectivity index (χ4v) is 9.07. The van der Waals surface area contributed by atoms with Gasteiger partial charge in [0.25, 0.3) is 1.45 Å². The third-order valence-corrected chi connectivity index (χ3v) is 12.1. The molecule has 0 spiro atoms. The van der Waals surface area contributed by atoms with E-state index in [0.29, 0.717) is 64.3 Å². The number of carboxylic acid groups (broad SMARTS) is 1. The zero-order chi connectivity index (χ0) is 64.5. The maximum absolute atomic E-state index is 11.6. The van der Waals surface area contributed by atoms with Gasteiger partial charge in [0.2, 0.25) is 9.23 Å². The Balaban J connectivity index is -0.0000000407. The van der Waals surface area contributed by atoms with Gasteiger partial charge in [-0.3, -0.25) is 38.2 Å². The predicted molar refractivity (Wildman–Crippen MR) is 384 cm³/mol. The van der Waals surface area contributed by atoms with E-state index in [-0.39, 0.29) is 324 Å². The summed E-state index contributed by atoms with van der Waals surface area (Å²) in [6.07, 6.45) is 8.63. The zero-order valence-corrected chi connectivity index (χ0v) is 85.8. The minimum atomic E-state index is -1.67. The summed E-state index contributed by atoms with van der Waals surface area (Å²) in [7, 11) is 7.36. The van der Waals surface area contributed by atoms with Gasteiger partial charge in [-0.05, 0) is 155 Å². The maximum Gasteiger partial charge on any atom is 0.352 e. The molecule has 0 atom stereocenters. The molecule has 0 aliphatic carbocycles. The van der Waals surface area contributed by atoms with Crippen molar-refractivity contribution < 1.29 is 272 Å². The van der Waals surface area contributed by atoms with Gasteiger partial charge in [0.15, 0.2) is 46.6 Å². The van der Waals surface area contributed by atoms with Crippen molar-refractivity contribution in [2.24, 2.45) is 0 Å². The molecular weight excluding hydrogens is 2900 g/mol. The topological polar surface area (TPSA) is 268 Å². The number of carbonyl (C=O) groups is 7. The molecule has 0 saturated heterocycles. The molecule has 5 rings (SSSR count). The van der Waals surface area contributed by atoms with E-state index in [1.807, 2.05) is 68.4 Å². The quantitative estimate of drug-likeness (QED) is 0.0190. The van der Waals surface area contributed by atoms with Gasteiger partial charge in [-0.25, -0.2) is 18.7 Å². The molecule has 5 aromatic rings. The molecule has 17 nitrogen and oxygen atoms in total. The number of nitriles is 1. The normalized spacial score (nSPS) is 8.60. The van der Waals surface area contributed by atoms with Crippen LogP contribution < -0.4 is 0 Å². The number of Topliss-reactive ketones (excluding diaryl/α,β-unsaturated/α-hetero) is 5. The summed E-state index contributed by atoms with van der Waals surface area (Å²) in [6.45, 7) is 46.0. The first-order valence-electron chi connectivity index (χ1n) is 25.8. The molecule has 5 aromatic heterocycles. The van der Waals surface area contributed by atoms with Gasteiger partial charge in [-0.2, -0.15) is 5.26 Å². The first-order valence-corrected chi connectivity index (χ1v) is 28.8. The van der Waals surface area contributed by atoms with Crippen molar-refractivity contribution in [1.82, 2.24) is 24.9 Å². The SMILES string of the molecule is C.C.C.C.C.C.C.C.CCC#N.CCc1c(C(=O)O)[nH]c(C)c1C(C)=O.CCc1c(C)[nH]c(C)c1C(C)=O.CCc1c(C=O)[nH]c(C)c1C(C)=O.F.O=S(Cl)Cl.[3HH].[3H]F.[C-]#[N+]/C(C)=C\c1[nH]c(C)c(C(C)=O)c1CC.[C-]#[N+]/C(C)=C\c1[nH]c(CCl)c(C(C)=O)c1CC.[U].[U].[U].[U].[U].[U].[U]. The van der Waals surface area contributed by atoms with E-state index >= 15 is 0 Å². The molecule has 0 aliphatic rings. The van der Waals surface area contributed by atoms with Gasteiger partial charge in [0.05, 0.1) is 30.8 Å². The van der Waals surface area contributed by atoms with Gasteiger partial charge in [0.1, 0.15) is 5.69 Å². The Morgan fingerprint density at radius 3 is 1.00 bits per heavy atom. The Labute approximate surface area is 768 Å². The number of hydrogen-bond acceptors (Lipinski definition) is 9. The number of rotatable bonds is 15. The van der Waals surface area contributed by atoms with Gasteiger partial charge in [0, 0.05) is 320 Å². The Hall–Kier alpha value is 0.0836. The fraction of sp³-hybridized carbons (Fsp3) is 0.493. The van der Waals surface area contributed by atoms with Crippen molar-refractivity contribution in [1.29, 1.82) is 6.71 Å². The summed E-state index contributed by atoms with van der Waals surface area (Å²) in [5, 5.41) is 16.5. The number of aldehydes is 1. The molecule has 0 radical (unpaired) electrons. The van der Waals surface area contributed by atoms with Crippen LogP contribution in [0, 0.1) is 277 Å². The molecule has 6 N–H and O–H groups in total. The third-order valence-electron chi connectivity index (χ3n) is 11.9.